The standard InChI is InChI=1S/C29H52O5P2/c1-5-7-9-11-12-13-14-16-18-20-26-25(19-17-15-10-8-6-2)21-22-29(3)27(28(26)29)23-34-36(32,33)24-35(4,30)31/h7-10,13-14,25-28H,5-6,11-12,15-24H2,1-4H3,(H,30,31)(H,32,33). The number of unbranched alkanes of at least 4 members (excludes halogenated alkanes) is 3. The van der Waals surface area contributed by atoms with Gasteiger partial charge >= 0.3 is 7.60 Å². The molecular weight excluding hydrogens is 490 g/mol. The number of hydrogen-bond acceptors (Lipinski definition) is 3. The van der Waals surface area contributed by atoms with Crippen molar-refractivity contribution in [2.24, 2.45) is 29.1 Å². The average Bonchev–Trinajstić information content (AvgIpc) is 3.40. The fourth-order valence-electron chi connectivity index (χ4n) is 6.45. The van der Waals surface area contributed by atoms with E-state index < -0.39 is 20.9 Å². The van der Waals surface area contributed by atoms with Gasteiger partial charge < -0.3 is 14.3 Å². The molecular formula is C29H52O5P2. The Morgan fingerprint density at radius 3 is 2.06 bits per heavy atom. The summed E-state index contributed by atoms with van der Waals surface area (Å²) in [5.74, 6) is 1.46. The lowest BCUT2D eigenvalue weighted by Crippen LogP contribution is -2.25. The molecule has 7 heteroatoms. The van der Waals surface area contributed by atoms with Gasteiger partial charge in [0.05, 0.1) is 6.61 Å². The molecule has 208 valence electrons. The molecule has 0 spiro atoms. The first-order valence-corrected chi connectivity index (χ1v) is 18.3. The van der Waals surface area contributed by atoms with E-state index in [9.17, 15) is 18.9 Å². The summed E-state index contributed by atoms with van der Waals surface area (Å²) in [4.78, 5) is 19.7. The molecule has 2 fully saturated rings. The van der Waals surface area contributed by atoms with E-state index >= 15 is 0 Å². The maximum atomic E-state index is 12.4. The third-order valence-corrected chi connectivity index (χ3v) is 12.4. The second kappa shape index (κ2) is 15.2. The topological polar surface area (TPSA) is 83.8 Å². The zero-order valence-electron chi connectivity index (χ0n) is 23.2. The van der Waals surface area contributed by atoms with Crippen LogP contribution in [-0.4, -0.2) is 29.0 Å². The van der Waals surface area contributed by atoms with Gasteiger partial charge in [-0.25, -0.2) is 0 Å². The van der Waals surface area contributed by atoms with E-state index in [-0.39, 0.29) is 17.9 Å². The van der Waals surface area contributed by atoms with Gasteiger partial charge in [-0.1, -0.05) is 57.2 Å². The highest BCUT2D eigenvalue weighted by molar-refractivity contribution is 7.72. The van der Waals surface area contributed by atoms with Crippen LogP contribution in [0.25, 0.3) is 0 Å². The van der Waals surface area contributed by atoms with Crippen LogP contribution in [0.3, 0.4) is 0 Å². The smallest absolute Gasteiger partial charge is 0.337 e. The summed E-state index contributed by atoms with van der Waals surface area (Å²) in [6, 6.07) is 0. The number of fused-ring (bicyclic) bond motifs is 1. The van der Waals surface area contributed by atoms with E-state index in [0.29, 0.717) is 17.8 Å². The van der Waals surface area contributed by atoms with Crippen molar-refractivity contribution in [2.75, 3.05) is 19.2 Å². The Balaban J connectivity index is 1.95. The number of rotatable bonds is 18. The number of hydrogen-bond donors (Lipinski definition) is 2. The van der Waals surface area contributed by atoms with Crippen LogP contribution in [0.1, 0.15) is 97.8 Å². The lowest BCUT2D eigenvalue weighted by molar-refractivity contribution is 0.156. The summed E-state index contributed by atoms with van der Waals surface area (Å²) in [7, 11) is -7.66. The fourth-order valence-corrected chi connectivity index (χ4v) is 9.82. The molecule has 2 saturated carbocycles. The summed E-state index contributed by atoms with van der Waals surface area (Å²) in [5.41, 5.74) is 0.167. The van der Waals surface area contributed by atoms with Gasteiger partial charge in [-0.15, -0.1) is 0 Å². The van der Waals surface area contributed by atoms with Gasteiger partial charge in [0.15, 0.2) is 0 Å². The van der Waals surface area contributed by atoms with Crippen LogP contribution in [0.15, 0.2) is 36.5 Å². The molecule has 0 bridgehead atoms. The van der Waals surface area contributed by atoms with E-state index in [1.165, 1.54) is 32.1 Å². The van der Waals surface area contributed by atoms with E-state index in [4.69, 9.17) is 4.52 Å². The van der Waals surface area contributed by atoms with Gasteiger partial charge in [-0.3, -0.25) is 9.13 Å². The highest BCUT2D eigenvalue weighted by Crippen LogP contribution is 2.71. The maximum Gasteiger partial charge on any atom is 0.337 e. The van der Waals surface area contributed by atoms with Gasteiger partial charge in [0.2, 0.25) is 7.37 Å². The summed E-state index contributed by atoms with van der Waals surface area (Å²) in [6.07, 6.45) is 27.6. The second-order valence-electron chi connectivity index (χ2n) is 11.4. The Morgan fingerprint density at radius 1 is 0.889 bits per heavy atom. The Morgan fingerprint density at radius 2 is 1.44 bits per heavy atom. The van der Waals surface area contributed by atoms with Crippen molar-refractivity contribution in [3.05, 3.63) is 36.5 Å². The van der Waals surface area contributed by atoms with E-state index in [1.54, 1.807) is 0 Å². The normalized spacial score (nSPS) is 31.6. The van der Waals surface area contributed by atoms with Crippen LogP contribution in [0.5, 0.6) is 0 Å². The van der Waals surface area contributed by atoms with Crippen LogP contribution in [0.4, 0.5) is 0 Å². The van der Waals surface area contributed by atoms with Crippen LogP contribution in [0.2, 0.25) is 0 Å². The second-order valence-corrected chi connectivity index (χ2v) is 16.2. The number of allylic oxidation sites excluding steroid dienone is 6. The lowest BCUT2D eigenvalue weighted by atomic mass is 9.71. The molecule has 0 amide bonds. The third-order valence-electron chi connectivity index (χ3n) is 8.28. The molecule has 7 unspecified atom stereocenters. The Labute approximate surface area is 220 Å². The first kappa shape index (κ1) is 31.8. The van der Waals surface area contributed by atoms with Crippen molar-refractivity contribution in [1.29, 1.82) is 0 Å². The molecule has 2 aliphatic carbocycles. The van der Waals surface area contributed by atoms with Gasteiger partial charge in [0.25, 0.3) is 0 Å². The minimum atomic E-state index is -4.05. The van der Waals surface area contributed by atoms with Crippen molar-refractivity contribution in [2.45, 2.75) is 97.8 Å². The molecule has 0 radical (unpaired) electrons. The summed E-state index contributed by atoms with van der Waals surface area (Å²) in [5, 5.41) is 0. The van der Waals surface area contributed by atoms with E-state index in [1.807, 2.05) is 0 Å². The van der Waals surface area contributed by atoms with Gasteiger partial charge in [-0.2, -0.15) is 0 Å². The van der Waals surface area contributed by atoms with Gasteiger partial charge in [0.1, 0.15) is 5.90 Å². The highest BCUT2D eigenvalue weighted by Gasteiger charge is 2.66. The molecule has 0 aliphatic heterocycles. The molecule has 7 atom stereocenters. The molecule has 2 aliphatic rings. The summed E-state index contributed by atoms with van der Waals surface area (Å²) < 4.78 is 29.5. The van der Waals surface area contributed by atoms with Crippen LogP contribution >= 0.6 is 15.0 Å². The zero-order chi connectivity index (χ0) is 26.7. The predicted molar refractivity (Wildman–Crippen MR) is 153 cm³/mol. The molecule has 2 N–H and O–H groups in total. The van der Waals surface area contributed by atoms with Crippen LogP contribution in [-0.2, 0) is 13.7 Å². The summed E-state index contributed by atoms with van der Waals surface area (Å²) in [6.45, 7) is 7.99. The predicted octanol–water partition coefficient (Wildman–Crippen LogP) is 8.93. The van der Waals surface area contributed by atoms with E-state index in [0.717, 1.165) is 51.6 Å². The molecule has 0 heterocycles. The fraction of sp³-hybridized carbons (Fsp3) is 0.793. The molecule has 2 rings (SSSR count). The SMILES string of the molecule is CCC=CCCC=CCCCC1C(CCCC=CCC)CCC2(C)C(COP(=O)(O)CP(C)(=O)O)C12. The van der Waals surface area contributed by atoms with Crippen molar-refractivity contribution < 1.29 is 23.4 Å². The Bertz CT molecular complexity index is 830. The minimum absolute atomic E-state index is 0.167. The molecule has 5 nitrogen and oxygen atoms in total. The molecule has 0 aromatic carbocycles. The monoisotopic (exact) mass is 542 g/mol. The lowest BCUT2D eigenvalue weighted by Gasteiger charge is -2.34. The van der Waals surface area contributed by atoms with Crippen LogP contribution < -0.4 is 0 Å². The highest BCUT2D eigenvalue weighted by atomic mass is 31.2. The Hall–Kier alpha value is -0.440. The average molecular weight is 543 g/mol. The van der Waals surface area contributed by atoms with Crippen molar-refractivity contribution >= 4 is 15.0 Å². The van der Waals surface area contributed by atoms with Crippen molar-refractivity contribution in [3.63, 3.8) is 0 Å². The first-order chi connectivity index (χ1) is 17.0. The maximum absolute atomic E-state index is 12.4. The minimum Gasteiger partial charge on any atom is -0.344 e. The van der Waals surface area contributed by atoms with Crippen molar-refractivity contribution in [1.82, 2.24) is 0 Å². The molecule has 36 heavy (non-hydrogen) atoms. The molecule has 0 saturated heterocycles. The van der Waals surface area contributed by atoms with Crippen LogP contribution in [0, 0.1) is 29.1 Å². The van der Waals surface area contributed by atoms with Gasteiger partial charge in [-0.05, 0) is 106 Å². The van der Waals surface area contributed by atoms with E-state index in [2.05, 4.69) is 57.2 Å². The van der Waals surface area contributed by atoms with Crippen molar-refractivity contribution in [3.8, 4) is 0 Å². The summed E-state index contributed by atoms with van der Waals surface area (Å²) >= 11 is 0. The quantitative estimate of drug-likeness (QED) is 0.103. The molecule has 0 aromatic rings. The Kier molecular flexibility index (Phi) is 13.4. The first-order valence-electron chi connectivity index (χ1n) is 14.2. The third kappa shape index (κ3) is 10.7. The molecule has 0 aromatic heterocycles. The zero-order valence-corrected chi connectivity index (χ0v) is 25.0. The largest absolute Gasteiger partial charge is 0.344 e. The van der Waals surface area contributed by atoms with Gasteiger partial charge in [0, 0.05) is 6.66 Å².